The molecule has 0 rings (SSSR count). The largest absolute Gasteiger partial charge is 0.298 e. The van der Waals surface area contributed by atoms with Crippen LogP contribution in [0.4, 0.5) is 0 Å². The van der Waals surface area contributed by atoms with Crippen molar-refractivity contribution in [2.24, 2.45) is 4.99 Å². The first-order valence-corrected chi connectivity index (χ1v) is 4.93. The smallest absolute Gasteiger partial charge is 0.0861 e. The summed E-state index contributed by atoms with van der Waals surface area (Å²) in [6, 6.07) is 3.23. The van der Waals surface area contributed by atoms with E-state index in [1.807, 2.05) is 0 Å². The van der Waals surface area contributed by atoms with Crippen molar-refractivity contribution in [3.8, 4) is 0 Å². The van der Waals surface area contributed by atoms with Gasteiger partial charge in [0.1, 0.15) is 0 Å². The van der Waals surface area contributed by atoms with Crippen molar-refractivity contribution in [3.05, 3.63) is 0 Å². The first kappa shape index (κ1) is 12.3. The molecule has 76 valence electrons. The van der Waals surface area contributed by atoms with E-state index in [2.05, 4.69) is 43.6 Å². The average molecular weight is 183 g/mol. The fraction of sp³-hybridized carbons (Fsp3) is 0.900. The van der Waals surface area contributed by atoms with E-state index in [1.54, 1.807) is 0 Å². The summed E-state index contributed by atoms with van der Waals surface area (Å²) in [7, 11) is 0. The van der Waals surface area contributed by atoms with Crippen LogP contribution in [0, 0.1) is 5.41 Å². The number of nitrogens with zero attached hydrogens (tertiary/aromatic N) is 2. The summed E-state index contributed by atoms with van der Waals surface area (Å²) < 4.78 is 0. The quantitative estimate of drug-likeness (QED) is 0.498. The lowest BCUT2D eigenvalue weighted by atomic mass is 10.2. The van der Waals surface area contributed by atoms with Crippen LogP contribution in [0.2, 0.25) is 0 Å². The second-order valence-corrected chi connectivity index (χ2v) is 3.77. The summed E-state index contributed by atoms with van der Waals surface area (Å²) in [6.45, 7) is 10.6. The lowest BCUT2D eigenvalue weighted by Gasteiger charge is -2.30. The highest BCUT2D eigenvalue weighted by atomic mass is 15.2. The molecule has 0 fully saturated rings. The first-order valence-electron chi connectivity index (χ1n) is 4.93. The van der Waals surface area contributed by atoms with Gasteiger partial charge in [0.25, 0.3) is 0 Å². The lowest BCUT2D eigenvalue weighted by Crippen LogP contribution is -2.37. The standard InChI is InChI=1S/C10H21N3/c1-9(2)13(10(3)4)7-5-6-12-8-11/h9-11H,5-7H2,1-4H3. The van der Waals surface area contributed by atoms with Crippen LogP contribution in [0.15, 0.2) is 4.99 Å². The van der Waals surface area contributed by atoms with Crippen molar-refractivity contribution >= 4 is 6.01 Å². The van der Waals surface area contributed by atoms with Crippen LogP contribution in [0.3, 0.4) is 0 Å². The minimum atomic E-state index is 0.587. The summed E-state index contributed by atoms with van der Waals surface area (Å²) in [5.74, 6) is 0. The molecular formula is C10H21N3. The molecule has 0 bridgehead atoms. The first-order chi connectivity index (χ1) is 6.09. The molecule has 3 nitrogen and oxygen atoms in total. The molecule has 3 heteroatoms. The second-order valence-electron chi connectivity index (χ2n) is 3.77. The van der Waals surface area contributed by atoms with Crippen molar-refractivity contribution in [2.45, 2.75) is 46.2 Å². The second kappa shape index (κ2) is 6.81. The van der Waals surface area contributed by atoms with Crippen molar-refractivity contribution in [2.75, 3.05) is 13.1 Å². The molecule has 0 aliphatic carbocycles. The summed E-state index contributed by atoms with van der Waals surface area (Å²) in [5.41, 5.74) is 0. The van der Waals surface area contributed by atoms with Gasteiger partial charge in [0.05, 0.1) is 12.6 Å². The van der Waals surface area contributed by atoms with E-state index in [0.717, 1.165) is 19.5 Å². The minimum Gasteiger partial charge on any atom is -0.298 e. The third kappa shape index (κ3) is 5.56. The molecule has 0 aromatic carbocycles. The molecule has 0 heterocycles. The average Bonchev–Trinajstić information content (AvgIpc) is 2.02. The van der Waals surface area contributed by atoms with Crippen LogP contribution < -0.4 is 0 Å². The zero-order valence-corrected chi connectivity index (χ0v) is 9.17. The Hall–Kier alpha value is -0.660. The number of aliphatic imine (C=N–C) groups is 1. The molecule has 0 unspecified atom stereocenters. The van der Waals surface area contributed by atoms with E-state index in [-0.39, 0.29) is 0 Å². The van der Waals surface area contributed by atoms with Crippen molar-refractivity contribution < 1.29 is 0 Å². The van der Waals surface area contributed by atoms with Crippen molar-refractivity contribution in [1.29, 1.82) is 5.41 Å². The maximum Gasteiger partial charge on any atom is 0.0861 e. The highest BCUT2D eigenvalue weighted by Gasteiger charge is 2.11. The Morgan fingerprint density at radius 2 is 1.77 bits per heavy atom. The molecular weight excluding hydrogens is 162 g/mol. The van der Waals surface area contributed by atoms with Gasteiger partial charge in [0.2, 0.25) is 0 Å². The highest BCUT2D eigenvalue weighted by Crippen LogP contribution is 2.05. The zero-order valence-electron chi connectivity index (χ0n) is 9.17. The molecule has 0 amide bonds. The zero-order chi connectivity index (χ0) is 10.3. The van der Waals surface area contributed by atoms with Gasteiger partial charge in [-0.25, -0.2) is 10.4 Å². The fourth-order valence-corrected chi connectivity index (χ4v) is 1.50. The molecule has 0 radical (unpaired) electrons. The van der Waals surface area contributed by atoms with E-state index in [9.17, 15) is 0 Å². The SMILES string of the molecule is CC(C)N(CCCN=C=N)C(C)C. The minimum absolute atomic E-state index is 0.587. The van der Waals surface area contributed by atoms with Gasteiger partial charge in [-0.05, 0) is 34.1 Å². The Kier molecular flexibility index (Phi) is 6.47. The Balaban J connectivity index is 3.76. The fourth-order valence-electron chi connectivity index (χ4n) is 1.50. The van der Waals surface area contributed by atoms with Crippen molar-refractivity contribution in [3.63, 3.8) is 0 Å². The van der Waals surface area contributed by atoms with E-state index in [0.29, 0.717) is 12.1 Å². The molecule has 0 aromatic heterocycles. The van der Waals surface area contributed by atoms with Gasteiger partial charge in [0, 0.05) is 18.6 Å². The third-order valence-corrected chi connectivity index (χ3v) is 2.09. The maximum atomic E-state index is 6.63. The Morgan fingerprint density at radius 3 is 2.15 bits per heavy atom. The van der Waals surface area contributed by atoms with E-state index in [4.69, 9.17) is 5.41 Å². The normalized spacial score (nSPS) is 11.0. The van der Waals surface area contributed by atoms with Gasteiger partial charge in [0.15, 0.2) is 0 Å². The van der Waals surface area contributed by atoms with Gasteiger partial charge < -0.3 is 0 Å². The molecule has 0 saturated carbocycles. The number of rotatable bonds is 6. The highest BCUT2D eigenvalue weighted by molar-refractivity contribution is 5.35. The lowest BCUT2D eigenvalue weighted by molar-refractivity contribution is 0.174. The van der Waals surface area contributed by atoms with E-state index >= 15 is 0 Å². The topological polar surface area (TPSA) is 39.5 Å². The van der Waals surface area contributed by atoms with Gasteiger partial charge >= 0.3 is 0 Å². The number of hydrogen-bond acceptors (Lipinski definition) is 3. The van der Waals surface area contributed by atoms with Gasteiger partial charge in [-0.15, -0.1) is 0 Å². The molecule has 0 spiro atoms. The van der Waals surface area contributed by atoms with Gasteiger partial charge in [-0.2, -0.15) is 0 Å². The van der Waals surface area contributed by atoms with Crippen LogP contribution in [0.25, 0.3) is 0 Å². The Labute approximate surface area is 81.4 Å². The molecule has 1 N–H and O–H groups in total. The van der Waals surface area contributed by atoms with Crippen LogP contribution in [0.1, 0.15) is 34.1 Å². The summed E-state index contributed by atoms with van der Waals surface area (Å²) >= 11 is 0. The predicted octanol–water partition coefficient (Wildman–Crippen LogP) is 2.25. The number of hydrogen-bond donors (Lipinski definition) is 1. The van der Waals surface area contributed by atoms with Crippen LogP contribution >= 0.6 is 0 Å². The number of nitrogens with one attached hydrogen (secondary N) is 1. The molecule has 13 heavy (non-hydrogen) atoms. The predicted molar refractivity (Wildman–Crippen MR) is 56.6 cm³/mol. The maximum absolute atomic E-state index is 6.63. The molecule has 0 aliphatic heterocycles. The Bertz CT molecular complexity index is 161. The van der Waals surface area contributed by atoms with Crippen LogP contribution in [-0.4, -0.2) is 36.1 Å². The monoisotopic (exact) mass is 183 g/mol. The molecule has 0 atom stereocenters. The molecule has 0 saturated heterocycles. The summed E-state index contributed by atoms with van der Waals surface area (Å²) in [5, 5.41) is 6.63. The van der Waals surface area contributed by atoms with E-state index in [1.165, 1.54) is 0 Å². The van der Waals surface area contributed by atoms with Gasteiger partial charge in [-0.1, -0.05) is 0 Å². The van der Waals surface area contributed by atoms with Crippen molar-refractivity contribution in [1.82, 2.24) is 4.90 Å². The van der Waals surface area contributed by atoms with Crippen LogP contribution in [0.5, 0.6) is 0 Å². The Morgan fingerprint density at radius 1 is 1.23 bits per heavy atom. The summed E-state index contributed by atoms with van der Waals surface area (Å²) in [4.78, 5) is 6.18. The van der Waals surface area contributed by atoms with Crippen LogP contribution in [-0.2, 0) is 0 Å². The van der Waals surface area contributed by atoms with E-state index < -0.39 is 0 Å². The van der Waals surface area contributed by atoms with Gasteiger partial charge in [-0.3, -0.25) is 4.90 Å². The molecule has 0 aliphatic rings. The molecule has 0 aromatic rings. The third-order valence-electron chi connectivity index (χ3n) is 2.09. The summed E-state index contributed by atoms with van der Waals surface area (Å²) in [6.07, 6.45) is 1.02.